The number of carbonyl (C=O) groups is 1. The van der Waals surface area contributed by atoms with Gasteiger partial charge in [-0.05, 0) is 45.1 Å². The molecule has 1 heterocycles. The van der Waals surface area contributed by atoms with Crippen molar-refractivity contribution in [2.75, 3.05) is 13.1 Å². The number of carbonyl (C=O) groups excluding carboxylic acids is 1. The van der Waals surface area contributed by atoms with Crippen LogP contribution in [-0.2, 0) is 4.79 Å². The minimum absolute atomic E-state index is 0.369. The Morgan fingerprint density at radius 2 is 2.07 bits per heavy atom. The Morgan fingerprint density at radius 3 is 2.71 bits per heavy atom. The summed E-state index contributed by atoms with van der Waals surface area (Å²) in [5.74, 6) is 0.775. The van der Waals surface area contributed by atoms with Crippen molar-refractivity contribution in [1.82, 2.24) is 4.90 Å². The summed E-state index contributed by atoms with van der Waals surface area (Å²) < 4.78 is 0. The van der Waals surface area contributed by atoms with Crippen molar-refractivity contribution >= 4 is 5.91 Å². The fourth-order valence-corrected chi connectivity index (χ4v) is 2.35. The molecule has 0 bridgehead atoms. The van der Waals surface area contributed by atoms with Crippen LogP contribution in [0.5, 0.6) is 0 Å². The van der Waals surface area contributed by atoms with Gasteiger partial charge in [-0.15, -0.1) is 0 Å². The Hall–Kier alpha value is -0.570. The number of nitrogens with two attached hydrogens (primary N) is 1. The number of likely N-dealkylation sites (tertiary alicyclic amines) is 1. The highest BCUT2D eigenvalue weighted by atomic mass is 16.2. The van der Waals surface area contributed by atoms with Gasteiger partial charge in [0.15, 0.2) is 0 Å². The monoisotopic (exact) mass is 196 g/mol. The van der Waals surface area contributed by atoms with E-state index in [1.807, 2.05) is 0 Å². The maximum Gasteiger partial charge on any atom is 0.225 e. The largest absolute Gasteiger partial charge is 0.339 e. The molecule has 2 N–H and O–H groups in total. The Labute approximate surface area is 85.6 Å². The smallest absolute Gasteiger partial charge is 0.225 e. The second kappa shape index (κ2) is 4.30. The van der Waals surface area contributed by atoms with Crippen LogP contribution < -0.4 is 5.73 Å². The zero-order valence-electron chi connectivity index (χ0n) is 8.74. The minimum Gasteiger partial charge on any atom is -0.339 e. The van der Waals surface area contributed by atoms with Crippen LogP contribution >= 0.6 is 0 Å². The summed E-state index contributed by atoms with van der Waals surface area (Å²) in [6.45, 7) is 1.68. The maximum atomic E-state index is 11.9. The van der Waals surface area contributed by atoms with Crippen LogP contribution in [0.25, 0.3) is 0 Å². The predicted octanol–water partition coefficient (Wildman–Crippen LogP) is 1.13. The van der Waals surface area contributed by atoms with Gasteiger partial charge in [0.2, 0.25) is 5.91 Å². The van der Waals surface area contributed by atoms with Gasteiger partial charge >= 0.3 is 0 Å². The lowest BCUT2D eigenvalue weighted by molar-refractivity contribution is -0.136. The lowest BCUT2D eigenvalue weighted by atomic mass is 9.99. The standard InChI is InChI=1S/C11H20N2O/c12-7-6-10-3-1-2-8-13(10)11(14)9-4-5-9/h9-10H,1-8,12H2. The predicted molar refractivity (Wildman–Crippen MR) is 55.7 cm³/mol. The van der Waals surface area contributed by atoms with Gasteiger partial charge in [-0.25, -0.2) is 0 Å². The summed E-state index contributed by atoms with van der Waals surface area (Å²) >= 11 is 0. The van der Waals surface area contributed by atoms with Gasteiger partial charge in [-0.3, -0.25) is 4.79 Å². The Morgan fingerprint density at radius 1 is 1.29 bits per heavy atom. The van der Waals surface area contributed by atoms with Gasteiger partial charge in [0.25, 0.3) is 0 Å². The van der Waals surface area contributed by atoms with Crippen LogP contribution in [0.2, 0.25) is 0 Å². The lowest BCUT2D eigenvalue weighted by Crippen LogP contribution is -2.45. The molecule has 0 aromatic carbocycles. The summed E-state index contributed by atoms with van der Waals surface area (Å²) in [4.78, 5) is 14.0. The average Bonchev–Trinajstić information content (AvgIpc) is 3.01. The summed E-state index contributed by atoms with van der Waals surface area (Å²) in [6.07, 6.45) is 6.82. The van der Waals surface area contributed by atoms with Gasteiger partial charge in [0.1, 0.15) is 0 Å². The van der Waals surface area contributed by atoms with E-state index in [1.165, 1.54) is 12.8 Å². The quantitative estimate of drug-likeness (QED) is 0.735. The van der Waals surface area contributed by atoms with Crippen LogP contribution in [0.3, 0.4) is 0 Å². The average molecular weight is 196 g/mol. The Kier molecular flexibility index (Phi) is 3.06. The molecule has 1 aliphatic heterocycles. The van der Waals surface area contributed by atoms with Gasteiger partial charge in [-0.2, -0.15) is 0 Å². The van der Waals surface area contributed by atoms with Crippen LogP contribution in [0.1, 0.15) is 38.5 Å². The molecule has 1 saturated heterocycles. The molecule has 0 aromatic heterocycles. The first kappa shape index (κ1) is 9.97. The van der Waals surface area contributed by atoms with Gasteiger partial charge in [0.05, 0.1) is 0 Å². The molecule has 0 radical (unpaired) electrons. The number of hydrogen-bond acceptors (Lipinski definition) is 2. The normalized spacial score (nSPS) is 27.8. The van der Waals surface area contributed by atoms with Crippen LogP contribution in [-0.4, -0.2) is 29.9 Å². The highest BCUT2D eigenvalue weighted by Crippen LogP contribution is 2.33. The third-order valence-corrected chi connectivity index (χ3v) is 3.34. The van der Waals surface area contributed by atoms with E-state index in [4.69, 9.17) is 5.73 Å². The zero-order chi connectivity index (χ0) is 9.97. The first-order valence-corrected chi connectivity index (χ1v) is 5.83. The van der Waals surface area contributed by atoms with E-state index in [-0.39, 0.29) is 0 Å². The maximum absolute atomic E-state index is 11.9. The lowest BCUT2D eigenvalue weighted by Gasteiger charge is -2.35. The van der Waals surface area contributed by atoms with Crippen molar-refractivity contribution in [3.8, 4) is 0 Å². The number of rotatable bonds is 3. The fraction of sp³-hybridized carbons (Fsp3) is 0.909. The van der Waals surface area contributed by atoms with E-state index in [0.29, 0.717) is 24.4 Å². The van der Waals surface area contributed by atoms with Gasteiger partial charge < -0.3 is 10.6 Å². The van der Waals surface area contributed by atoms with Crippen LogP contribution in [0.15, 0.2) is 0 Å². The highest BCUT2D eigenvalue weighted by molar-refractivity contribution is 5.81. The molecule has 2 fully saturated rings. The number of amides is 1. The molecule has 1 unspecified atom stereocenters. The molecule has 1 aliphatic carbocycles. The molecule has 2 aliphatic rings. The van der Waals surface area contributed by atoms with E-state index in [2.05, 4.69) is 4.90 Å². The number of nitrogens with zero attached hydrogens (tertiary/aromatic N) is 1. The van der Waals surface area contributed by atoms with Gasteiger partial charge in [-0.1, -0.05) is 0 Å². The minimum atomic E-state index is 0.369. The molecule has 3 heteroatoms. The van der Waals surface area contributed by atoms with Crippen molar-refractivity contribution in [2.24, 2.45) is 11.7 Å². The molecule has 0 spiro atoms. The third kappa shape index (κ3) is 2.08. The molecular formula is C11H20N2O. The third-order valence-electron chi connectivity index (χ3n) is 3.34. The van der Waals surface area contributed by atoms with Gasteiger partial charge in [0, 0.05) is 18.5 Å². The van der Waals surface area contributed by atoms with E-state index < -0.39 is 0 Å². The van der Waals surface area contributed by atoms with Crippen molar-refractivity contribution in [1.29, 1.82) is 0 Å². The first-order valence-electron chi connectivity index (χ1n) is 5.83. The van der Waals surface area contributed by atoms with E-state index in [1.54, 1.807) is 0 Å². The van der Waals surface area contributed by atoms with Crippen LogP contribution in [0.4, 0.5) is 0 Å². The Bertz CT molecular complexity index is 211. The fourth-order valence-electron chi connectivity index (χ4n) is 2.35. The van der Waals surface area contributed by atoms with Crippen molar-refractivity contribution in [2.45, 2.75) is 44.6 Å². The van der Waals surface area contributed by atoms with Crippen LogP contribution in [0, 0.1) is 5.92 Å². The molecule has 80 valence electrons. The molecule has 2 rings (SSSR count). The van der Waals surface area contributed by atoms with Crippen molar-refractivity contribution < 1.29 is 4.79 Å². The molecule has 1 atom stereocenters. The van der Waals surface area contributed by atoms with E-state index >= 15 is 0 Å². The summed E-state index contributed by atoms with van der Waals surface area (Å²) in [6, 6.07) is 0.446. The second-order valence-corrected chi connectivity index (χ2v) is 4.53. The topological polar surface area (TPSA) is 46.3 Å². The van der Waals surface area contributed by atoms with Crippen molar-refractivity contribution in [3.63, 3.8) is 0 Å². The SMILES string of the molecule is NCCC1CCCCN1C(=O)C1CC1. The zero-order valence-corrected chi connectivity index (χ0v) is 8.74. The second-order valence-electron chi connectivity index (χ2n) is 4.53. The van der Waals surface area contributed by atoms with E-state index in [0.717, 1.165) is 32.2 Å². The molecule has 14 heavy (non-hydrogen) atoms. The highest BCUT2D eigenvalue weighted by Gasteiger charge is 2.36. The summed E-state index contributed by atoms with van der Waals surface area (Å²) in [5, 5.41) is 0. The summed E-state index contributed by atoms with van der Waals surface area (Å²) in [5.41, 5.74) is 5.58. The molecule has 3 nitrogen and oxygen atoms in total. The molecular weight excluding hydrogens is 176 g/mol. The van der Waals surface area contributed by atoms with E-state index in [9.17, 15) is 4.79 Å². The van der Waals surface area contributed by atoms with Crippen molar-refractivity contribution in [3.05, 3.63) is 0 Å². The first-order chi connectivity index (χ1) is 6.83. The Balaban J connectivity index is 1.94. The molecule has 0 aromatic rings. The number of piperidine rings is 1. The molecule has 1 amide bonds. The number of hydrogen-bond donors (Lipinski definition) is 1. The summed E-state index contributed by atoms with van der Waals surface area (Å²) in [7, 11) is 0. The molecule has 1 saturated carbocycles.